The van der Waals surface area contributed by atoms with Crippen LogP contribution in [-0.2, 0) is 0 Å². The smallest absolute Gasteiger partial charge is 0.0510 e. The molecule has 2 aliphatic heterocycles. The van der Waals surface area contributed by atoms with E-state index in [0.29, 0.717) is 5.41 Å². The van der Waals surface area contributed by atoms with Gasteiger partial charge in [0.25, 0.3) is 0 Å². The molecule has 0 atom stereocenters. The number of para-hydroxylation sites is 1. The zero-order valence-corrected chi connectivity index (χ0v) is 12.4. The third-order valence-electron chi connectivity index (χ3n) is 4.68. The molecule has 1 spiro atoms. The van der Waals surface area contributed by atoms with Crippen molar-refractivity contribution in [1.82, 2.24) is 5.32 Å². The second-order valence-electron chi connectivity index (χ2n) is 5.69. The van der Waals surface area contributed by atoms with E-state index in [2.05, 4.69) is 50.4 Å². The highest BCUT2D eigenvalue weighted by atomic mass is 79.9. The SMILES string of the molecule is Brc1ccccc1N1CCC2(CCNCC2)CC1. The summed E-state index contributed by atoms with van der Waals surface area (Å²) in [6, 6.07) is 8.59. The van der Waals surface area contributed by atoms with Crippen molar-refractivity contribution in [3.63, 3.8) is 0 Å². The number of benzene rings is 1. The molecule has 0 amide bonds. The second-order valence-corrected chi connectivity index (χ2v) is 6.54. The lowest BCUT2D eigenvalue weighted by atomic mass is 9.71. The summed E-state index contributed by atoms with van der Waals surface area (Å²) in [6.45, 7) is 4.86. The largest absolute Gasteiger partial charge is 0.371 e. The lowest BCUT2D eigenvalue weighted by Gasteiger charge is -2.45. The van der Waals surface area contributed by atoms with Gasteiger partial charge < -0.3 is 10.2 Å². The molecule has 0 aliphatic carbocycles. The molecule has 2 heterocycles. The summed E-state index contributed by atoms with van der Waals surface area (Å²) in [5.74, 6) is 0. The molecule has 0 unspecified atom stereocenters. The molecular formula is C15H21BrN2. The summed E-state index contributed by atoms with van der Waals surface area (Å²) in [5, 5.41) is 3.49. The van der Waals surface area contributed by atoms with Crippen LogP contribution in [0.5, 0.6) is 0 Å². The summed E-state index contributed by atoms with van der Waals surface area (Å²) in [6.07, 6.45) is 5.46. The van der Waals surface area contributed by atoms with Gasteiger partial charge in [-0.25, -0.2) is 0 Å². The Kier molecular flexibility index (Phi) is 3.62. The lowest BCUT2D eigenvalue weighted by Crippen LogP contribution is -2.45. The summed E-state index contributed by atoms with van der Waals surface area (Å²) in [7, 11) is 0. The topological polar surface area (TPSA) is 15.3 Å². The average Bonchev–Trinajstić information content (AvgIpc) is 2.42. The minimum Gasteiger partial charge on any atom is -0.371 e. The van der Waals surface area contributed by atoms with Gasteiger partial charge in [-0.2, -0.15) is 0 Å². The van der Waals surface area contributed by atoms with Crippen LogP contribution in [0.2, 0.25) is 0 Å². The molecule has 98 valence electrons. The van der Waals surface area contributed by atoms with Crippen molar-refractivity contribution in [2.24, 2.45) is 5.41 Å². The van der Waals surface area contributed by atoms with E-state index in [0.717, 1.165) is 0 Å². The van der Waals surface area contributed by atoms with Crippen molar-refractivity contribution in [3.05, 3.63) is 28.7 Å². The van der Waals surface area contributed by atoms with Crippen LogP contribution >= 0.6 is 15.9 Å². The van der Waals surface area contributed by atoms with E-state index < -0.39 is 0 Å². The van der Waals surface area contributed by atoms with Crippen LogP contribution in [0, 0.1) is 5.41 Å². The third kappa shape index (κ3) is 2.43. The minimum atomic E-state index is 0.642. The fraction of sp³-hybridized carbons (Fsp3) is 0.600. The molecule has 1 aromatic carbocycles. The fourth-order valence-electron chi connectivity index (χ4n) is 3.39. The van der Waals surface area contributed by atoms with E-state index in [1.54, 1.807) is 0 Å². The van der Waals surface area contributed by atoms with Gasteiger partial charge in [0, 0.05) is 17.6 Å². The fourth-order valence-corrected chi connectivity index (χ4v) is 3.92. The van der Waals surface area contributed by atoms with Gasteiger partial charge in [0.2, 0.25) is 0 Å². The molecule has 3 rings (SSSR count). The van der Waals surface area contributed by atoms with Gasteiger partial charge in [-0.15, -0.1) is 0 Å². The Balaban J connectivity index is 1.68. The quantitative estimate of drug-likeness (QED) is 0.855. The Bertz CT molecular complexity index is 403. The van der Waals surface area contributed by atoms with Gasteiger partial charge in [-0.3, -0.25) is 0 Å². The molecule has 3 heteroatoms. The van der Waals surface area contributed by atoms with Gasteiger partial charge in [-0.05, 0) is 72.3 Å². The van der Waals surface area contributed by atoms with Crippen LogP contribution in [0.25, 0.3) is 0 Å². The van der Waals surface area contributed by atoms with Crippen LogP contribution in [0.4, 0.5) is 5.69 Å². The predicted molar refractivity (Wildman–Crippen MR) is 80.1 cm³/mol. The summed E-state index contributed by atoms with van der Waals surface area (Å²) in [5.41, 5.74) is 2.00. The van der Waals surface area contributed by atoms with E-state index in [1.165, 1.54) is 62.0 Å². The van der Waals surface area contributed by atoms with E-state index in [-0.39, 0.29) is 0 Å². The van der Waals surface area contributed by atoms with Crippen molar-refractivity contribution >= 4 is 21.6 Å². The molecule has 2 nitrogen and oxygen atoms in total. The number of anilines is 1. The number of hydrogen-bond donors (Lipinski definition) is 1. The molecule has 0 bridgehead atoms. The van der Waals surface area contributed by atoms with Crippen LogP contribution in [-0.4, -0.2) is 26.2 Å². The van der Waals surface area contributed by atoms with Gasteiger partial charge >= 0.3 is 0 Å². The number of nitrogens with one attached hydrogen (secondary N) is 1. The highest BCUT2D eigenvalue weighted by molar-refractivity contribution is 9.10. The first-order chi connectivity index (χ1) is 8.79. The van der Waals surface area contributed by atoms with Crippen molar-refractivity contribution in [3.8, 4) is 0 Å². The van der Waals surface area contributed by atoms with E-state index >= 15 is 0 Å². The van der Waals surface area contributed by atoms with Crippen molar-refractivity contribution < 1.29 is 0 Å². The zero-order chi connectivity index (χ0) is 12.4. The lowest BCUT2D eigenvalue weighted by molar-refractivity contribution is 0.155. The molecular weight excluding hydrogens is 288 g/mol. The number of halogens is 1. The Labute approximate surface area is 118 Å². The Morgan fingerprint density at radius 3 is 2.33 bits per heavy atom. The molecule has 1 aromatic rings. The maximum absolute atomic E-state index is 3.67. The highest BCUT2D eigenvalue weighted by Gasteiger charge is 2.35. The maximum Gasteiger partial charge on any atom is 0.0510 e. The monoisotopic (exact) mass is 308 g/mol. The van der Waals surface area contributed by atoms with Gasteiger partial charge in [-0.1, -0.05) is 12.1 Å². The van der Waals surface area contributed by atoms with Crippen LogP contribution in [0.15, 0.2) is 28.7 Å². The highest BCUT2D eigenvalue weighted by Crippen LogP contribution is 2.41. The number of rotatable bonds is 1. The van der Waals surface area contributed by atoms with E-state index in [4.69, 9.17) is 0 Å². The van der Waals surface area contributed by atoms with Crippen molar-refractivity contribution in [1.29, 1.82) is 0 Å². The first-order valence-corrected chi connectivity index (χ1v) is 7.79. The number of nitrogens with zero attached hydrogens (tertiary/aromatic N) is 1. The summed E-state index contributed by atoms with van der Waals surface area (Å²) >= 11 is 3.67. The summed E-state index contributed by atoms with van der Waals surface area (Å²) < 4.78 is 1.23. The second kappa shape index (κ2) is 5.22. The van der Waals surface area contributed by atoms with Crippen LogP contribution in [0.3, 0.4) is 0 Å². The predicted octanol–water partition coefficient (Wildman–Crippen LogP) is 3.42. The maximum atomic E-state index is 3.67. The van der Waals surface area contributed by atoms with Crippen LogP contribution in [0.1, 0.15) is 25.7 Å². The normalized spacial score (nSPS) is 23.3. The molecule has 0 radical (unpaired) electrons. The van der Waals surface area contributed by atoms with Gasteiger partial charge in [0.15, 0.2) is 0 Å². The molecule has 2 aliphatic rings. The van der Waals surface area contributed by atoms with Gasteiger partial charge in [0.1, 0.15) is 0 Å². The van der Waals surface area contributed by atoms with Crippen molar-refractivity contribution in [2.75, 3.05) is 31.1 Å². The molecule has 0 aromatic heterocycles. The van der Waals surface area contributed by atoms with Crippen LogP contribution < -0.4 is 10.2 Å². The molecule has 0 saturated carbocycles. The number of hydrogen-bond acceptors (Lipinski definition) is 2. The first kappa shape index (κ1) is 12.5. The Morgan fingerprint density at radius 2 is 1.67 bits per heavy atom. The minimum absolute atomic E-state index is 0.642. The molecule has 1 N–H and O–H groups in total. The molecule has 18 heavy (non-hydrogen) atoms. The van der Waals surface area contributed by atoms with E-state index in [1.807, 2.05) is 0 Å². The first-order valence-electron chi connectivity index (χ1n) is 6.99. The Hall–Kier alpha value is -0.540. The van der Waals surface area contributed by atoms with E-state index in [9.17, 15) is 0 Å². The Morgan fingerprint density at radius 1 is 1.00 bits per heavy atom. The third-order valence-corrected chi connectivity index (χ3v) is 5.35. The average molecular weight is 309 g/mol. The number of piperidine rings is 2. The molecule has 2 fully saturated rings. The zero-order valence-electron chi connectivity index (χ0n) is 10.8. The van der Waals surface area contributed by atoms with Gasteiger partial charge in [0.05, 0.1) is 5.69 Å². The molecule has 2 saturated heterocycles. The van der Waals surface area contributed by atoms with Crippen molar-refractivity contribution in [2.45, 2.75) is 25.7 Å². The standard InChI is InChI=1S/C15H21BrN2/c16-13-3-1-2-4-14(13)18-11-7-15(8-12-18)5-9-17-10-6-15/h1-4,17H,5-12H2. The summed E-state index contributed by atoms with van der Waals surface area (Å²) in [4.78, 5) is 2.54.